The van der Waals surface area contributed by atoms with E-state index in [1.54, 1.807) is 0 Å². The molecule has 1 N–H and O–H groups in total. The molecule has 2 heterocycles. The lowest BCUT2D eigenvalue weighted by molar-refractivity contribution is 0.208. The zero-order valence-electron chi connectivity index (χ0n) is 13.5. The van der Waals surface area contributed by atoms with Crippen LogP contribution < -0.4 is 5.32 Å². The summed E-state index contributed by atoms with van der Waals surface area (Å²) in [6.45, 7) is 10.1. The van der Waals surface area contributed by atoms with Crippen molar-refractivity contribution in [2.75, 3.05) is 26.7 Å². The second-order valence-corrected chi connectivity index (χ2v) is 7.17. The van der Waals surface area contributed by atoms with E-state index in [0.29, 0.717) is 5.92 Å². The first-order chi connectivity index (χ1) is 9.60. The van der Waals surface area contributed by atoms with Gasteiger partial charge >= 0.3 is 0 Å². The average Bonchev–Trinajstić information content (AvgIpc) is 2.92. The predicted molar refractivity (Wildman–Crippen MR) is 104 cm³/mol. The largest absolute Gasteiger partial charge is 0.356 e. The molecule has 1 aliphatic heterocycles. The van der Waals surface area contributed by atoms with Crippen molar-refractivity contribution in [1.82, 2.24) is 10.2 Å². The standard InChI is InChI=1S/C16H27N3S.HI/c1-12-8-13(2)11-19(10-12)16(17-4)18-9-14(3)15-6-5-7-20-15;/h5-7,12-14H,8-11H2,1-4H3,(H,17,18);1H. The first kappa shape index (κ1) is 18.7. The number of hydrogen-bond donors (Lipinski definition) is 1. The summed E-state index contributed by atoms with van der Waals surface area (Å²) in [5.74, 6) is 3.11. The molecule has 3 unspecified atom stereocenters. The van der Waals surface area contributed by atoms with Gasteiger partial charge < -0.3 is 10.2 Å². The zero-order valence-corrected chi connectivity index (χ0v) is 16.7. The van der Waals surface area contributed by atoms with Gasteiger partial charge in [0.2, 0.25) is 0 Å². The quantitative estimate of drug-likeness (QED) is 0.454. The Morgan fingerprint density at radius 1 is 1.43 bits per heavy atom. The van der Waals surface area contributed by atoms with Crippen LogP contribution in [-0.4, -0.2) is 37.5 Å². The minimum atomic E-state index is 0. The fourth-order valence-electron chi connectivity index (χ4n) is 3.08. The molecular formula is C16H28IN3S. The number of aliphatic imine (C=N–C) groups is 1. The summed E-state index contributed by atoms with van der Waals surface area (Å²) < 4.78 is 0. The number of rotatable bonds is 3. The molecule has 0 saturated carbocycles. The second kappa shape index (κ2) is 8.98. The Morgan fingerprint density at radius 2 is 2.10 bits per heavy atom. The topological polar surface area (TPSA) is 27.6 Å². The van der Waals surface area contributed by atoms with Crippen LogP contribution >= 0.6 is 35.3 Å². The normalized spacial score (nSPS) is 24.4. The lowest BCUT2D eigenvalue weighted by atomic mass is 9.92. The molecule has 3 atom stereocenters. The van der Waals surface area contributed by atoms with E-state index in [1.807, 2.05) is 18.4 Å². The number of guanidine groups is 1. The Hall–Kier alpha value is -0.300. The van der Waals surface area contributed by atoms with Gasteiger partial charge in [-0.3, -0.25) is 4.99 Å². The van der Waals surface area contributed by atoms with E-state index in [2.05, 4.69) is 53.5 Å². The van der Waals surface area contributed by atoms with Crippen LogP contribution in [0.25, 0.3) is 0 Å². The van der Waals surface area contributed by atoms with Crippen molar-refractivity contribution in [2.45, 2.75) is 33.1 Å². The molecule has 1 aromatic rings. The first-order valence-corrected chi connectivity index (χ1v) is 8.47. The number of nitrogens with one attached hydrogen (secondary N) is 1. The third-order valence-electron chi connectivity index (χ3n) is 3.98. The smallest absolute Gasteiger partial charge is 0.193 e. The van der Waals surface area contributed by atoms with E-state index in [-0.39, 0.29) is 24.0 Å². The summed E-state index contributed by atoms with van der Waals surface area (Å²) in [7, 11) is 1.89. The van der Waals surface area contributed by atoms with E-state index in [9.17, 15) is 0 Å². The summed E-state index contributed by atoms with van der Waals surface area (Å²) in [5.41, 5.74) is 0. The van der Waals surface area contributed by atoms with Crippen molar-refractivity contribution < 1.29 is 0 Å². The molecule has 21 heavy (non-hydrogen) atoms. The highest BCUT2D eigenvalue weighted by Gasteiger charge is 2.24. The molecule has 0 aromatic carbocycles. The monoisotopic (exact) mass is 421 g/mol. The summed E-state index contributed by atoms with van der Waals surface area (Å²) >= 11 is 1.83. The number of hydrogen-bond acceptors (Lipinski definition) is 2. The maximum absolute atomic E-state index is 4.47. The fourth-order valence-corrected chi connectivity index (χ4v) is 3.87. The molecule has 1 aromatic heterocycles. The summed E-state index contributed by atoms with van der Waals surface area (Å²) in [6, 6.07) is 4.34. The second-order valence-electron chi connectivity index (χ2n) is 6.20. The molecule has 120 valence electrons. The van der Waals surface area contributed by atoms with Gasteiger partial charge in [0.15, 0.2) is 5.96 Å². The Balaban J connectivity index is 0.00000220. The molecule has 1 saturated heterocycles. The van der Waals surface area contributed by atoms with Crippen LogP contribution in [0.3, 0.4) is 0 Å². The molecule has 0 spiro atoms. The number of thiophene rings is 1. The van der Waals surface area contributed by atoms with Gasteiger partial charge in [0.25, 0.3) is 0 Å². The van der Waals surface area contributed by atoms with E-state index >= 15 is 0 Å². The number of piperidine rings is 1. The van der Waals surface area contributed by atoms with Gasteiger partial charge in [-0.05, 0) is 29.7 Å². The first-order valence-electron chi connectivity index (χ1n) is 7.59. The van der Waals surface area contributed by atoms with Crippen molar-refractivity contribution >= 4 is 41.3 Å². The minimum absolute atomic E-state index is 0. The van der Waals surface area contributed by atoms with E-state index in [1.165, 1.54) is 11.3 Å². The highest BCUT2D eigenvalue weighted by molar-refractivity contribution is 14.0. The van der Waals surface area contributed by atoms with Crippen molar-refractivity contribution in [1.29, 1.82) is 0 Å². The van der Waals surface area contributed by atoms with Crippen LogP contribution in [0.5, 0.6) is 0 Å². The van der Waals surface area contributed by atoms with E-state index in [4.69, 9.17) is 0 Å². The average molecular weight is 421 g/mol. The van der Waals surface area contributed by atoms with Gasteiger partial charge in [-0.25, -0.2) is 0 Å². The van der Waals surface area contributed by atoms with Gasteiger partial charge in [0.1, 0.15) is 0 Å². The maximum Gasteiger partial charge on any atom is 0.193 e. The van der Waals surface area contributed by atoms with Crippen molar-refractivity contribution in [3.05, 3.63) is 22.4 Å². The molecule has 1 aliphatic rings. The lowest BCUT2D eigenvalue weighted by Crippen LogP contribution is -2.49. The fraction of sp³-hybridized carbons (Fsp3) is 0.688. The maximum atomic E-state index is 4.47. The van der Waals surface area contributed by atoms with Crippen LogP contribution in [0.4, 0.5) is 0 Å². The molecule has 2 rings (SSSR count). The molecule has 0 bridgehead atoms. The molecule has 1 fully saturated rings. The minimum Gasteiger partial charge on any atom is -0.356 e. The van der Waals surface area contributed by atoms with Crippen LogP contribution in [0, 0.1) is 11.8 Å². The number of halogens is 1. The van der Waals surface area contributed by atoms with Crippen LogP contribution in [0.1, 0.15) is 38.0 Å². The van der Waals surface area contributed by atoms with Gasteiger partial charge in [-0.2, -0.15) is 0 Å². The van der Waals surface area contributed by atoms with Crippen LogP contribution in [0.2, 0.25) is 0 Å². The lowest BCUT2D eigenvalue weighted by Gasteiger charge is -2.37. The Labute approximate surface area is 150 Å². The van der Waals surface area contributed by atoms with Gasteiger partial charge in [-0.15, -0.1) is 35.3 Å². The summed E-state index contributed by atoms with van der Waals surface area (Å²) in [6.07, 6.45) is 1.33. The van der Waals surface area contributed by atoms with Crippen molar-refractivity contribution in [3.8, 4) is 0 Å². The molecule has 0 aliphatic carbocycles. The highest BCUT2D eigenvalue weighted by atomic mass is 127. The van der Waals surface area contributed by atoms with Gasteiger partial charge in [0.05, 0.1) is 0 Å². The van der Waals surface area contributed by atoms with E-state index in [0.717, 1.165) is 37.4 Å². The number of nitrogens with zero attached hydrogens (tertiary/aromatic N) is 2. The van der Waals surface area contributed by atoms with Gasteiger partial charge in [0, 0.05) is 37.5 Å². The Kier molecular flexibility index (Phi) is 8.02. The zero-order chi connectivity index (χ0) is 14.5. The third-order valence-corrected chi connectivity index (χ3v) is 5.08. The summed E-state index contributed by atoms with van der Waals surface area (Å²) in [4.78, 5) is 8.32. The van der Waals surface area contributed by atoms with Crippen molar-refractivity contribution in [3.63, 3.8) is 0 Å². The summed E-state index contributed by atoms with van der Waals surface area (Å²) in [5, 5.41) is 5.70. The predicted octanol–water partition coefficient (Wildman–Crippen LogP) is 4.02. The SMILES string of the molecule is CN=C(NCC(C)c1cccs1)N1CC(C)CC(C)C1.I. The third kappa shape index (κ3) is 5.43. The Bertz CT molecular complexity index is 423. The van der Waals surface area contributed by atoms with Crippen LogP contribution in [-0.2, 0) is 0 Å². The van der Waals surface area contributed by atoms with Gasteiger partial charge in [-0.1, -0.05) is 26.8 Å². The molecule has 3 nitrogen and oxygen atoms in total. The van der Waals surface area contributed by atoms with Crippen LogP contribution in [0.15, 0.2) is 22.5 Å². The Morgan fingerprint density at radius 3 is 2.62 bits per heavy atom. The molecule has 0 amide bonds. The molecular weight excluding hydrogens is 393 g/mol. The van der Waals surface area contributed by atoms with E-state index < -0.39 is 0 Å². The van der Waals surface area contributed by atoms with Crippen molar-refractivity contribution in [2.24, 2.45) is 16.8 Å². The molecule has 0 radical (unpaired) electrons. The highest BCUT2D eigenvalue weighted by Crippen LogP contribution is 2.22. The number of likely N-dealkylation sites (tertiary alicyclic amines) is 1. The molecule has 5 heteroatoms.